The molecule has 3 aromatic rings. The third-order valence-electron chi connectivity index (χ3n) is 6.06. The fourth-order valence-electron chi connectivity index (χ4n) is 4.53. The first-order chi connectivity index (χ1) is 15.8. The van der Waals surface area contributed by atoms with Crippen molar-refractivity contribution >= 4 is 28.8 Å². The van der Waals surface area contributed by atoms with Crippen LogP contribution in [0.5, 0.6) is 0 Å². The minimum absolute atomic E-state index is 0.0448. The van der Waals surface area contributed by atoms with Crippen LogP contribution in [0.3, 0.4) is 0 Å². The lowest BCUT2D eigenvalue weighted by atomic mass is 9.93. The van der Waals surface area contributed by atoms with Crippen LogP contribution in [0.2, 0.25) is 0 Å². The highest BCUT2D eigenvalue weighted by atomic mass is 19.4. The number of amides is 2. The van der Waals surface area contributed by atoms with Crippen molar-refractivity contribution in [3.05, 3.63) is 101 Å². The van der Waals surface area contributed by atoms with Crippen molar-refractivity contribution in [2.45, 2.75) is 25.6 Å². The Balaban J connectivity index is 1.70. The Hall–Kier alpha value is -3.87. The monoisotopic (exact) mass is 448 g/mol. The molecule has 7 heteroatoms. The number of benzene rings is 3. The molecule has 4 nitrogen and oxygen atoms in total. The molecular weight excluding hydrogens is 429 g/mol. The number of hydrogen-bond acceptors (Lipinski definition) is 3. The van der Waals surface area contributed by atoms with Crippen molar-refractivity contribution in [3.8, 4) is 0 Å². The molecule has 2 aliphatic heterocycles. The average Bonchev–Trinajstić information content (AvgIpc) is 3.11. The zero-order chi connectivity index (χ0) is 23.3. The largest absolute Gasteiger partial charge is 0.418 e. The number of anilines is 2. The molecule has 0 radical (unpaired) electrons. The van der Waals surface area contributed by atoms with Gasteiger partial charge < -0.3 is 4.90 Å². The molecule has 0 bridgehead atoms. The molecule has 1 atom stereocenters. The number of carbonyl (C=O) groups is 2. The van der Waals surface area contributed by atoms with Crippen molar-refractivity contribution in [1.29, 1.82) is 0 Å². The molecule has 2 amide bonds. The van der Waals surface area contributed by atoms with E-state index in [1.54, 1.807) is 24.4 Å². The van der Waals surface area contributed by atoms with Crippen molar-refractivity contribution in [3.63, 3.8) is 0 Å². The van der Waals surface area contributed by atoms with Crippen LogP contribution in [-0.2, 0) is 17.4 Å². The molecule has 5 rings (SSSR count). The SMILES string of the molecule is CC1Cc2ccccc2N1C=C1C(=O)N(c2ccccc2C(F)(F)F)C(=O)c2ccccc21. The highest BCUT2D eigenvalue weighted by Crippen LogP contribution is 2.41. The van der Waals surface area contributed by atoms with Gasteiger partial charge in [0.15, 0.2) is 0 Å². The van der Waals surface area contributed by atoms with Gasteiger partial charge in [-0.05, 0) is 43.2 Å². The summed E-state index contributed by atoms with van der Waals surface area (Å²) in [7, 11) is 0. The summed E-state index contributed by atoms with van der Waals surface area (Å²) < 4.78 is 41.2. The molecule has 1 unspecified atom stereocenters. The van der Waals surface area contributed by atoms with Crippen LogP contribution in [0, 0.1) is 0 Å². The number of hydrogen-bond donors (Lipinski definition) is 0. The second-order valence-corrected chi connectivity index (χ2v) is 8.14. The molecule has 2 heterocycles. The molecule has 0 saturated heterocycles. The maximum Gasteiger partial charge on any atom is 0.418 e. The summed E-state index contributed by atoms with van der Waals surface area (Å²) >= 11 is 0. The van der Waals surface area contributed by atoms with Gasteiger partial charge in [-0.15, -0.1) is 0 Å². The number of para-hydroxylation sites is 2. The van der Waals surface area contributed by atoms with Gasteiger partial charge in [0.05, 0.1) is 16.8 Å². The standard InChI is InChI=1S/C26H19F3N2O2/c1-16-14-17-8-2-6-12-22(17)30(16)15-20-18-9-3-4-10-19(18)24(32)31(25(20)33)23-13-7-5-11-21(23)26(27,28)29/h2-13,15-16H,14H2,1H3. The summed E-state index contributed by atoms with van der Waals surface area (Å²) in [6, 6.07) is 19.0. The number of fused-ring (bicyclic) bond motifs is 2. The highest BCUT2D eigenvalue weighted by Gasteiger charge is 2.42. The van der Waals surface area contributed by atoms with E-state index in [2.05, 4.69) is 0 Å². The van der Waals surface area contributed by atoms with Crippen LogP contribution in [-0.4, -0.2) is 17.9 Å². The quantitative estimate of drug-likeness (QED) is 0.374. The van der Waals surface area contributed by atoms with E-state index >= 15 is 0 Å². The van der Waals surface area contributed by atoms with Gasteiger partial charge in [-0.3, -0.25) is 9.59 Å². The van der Waals surface area contributed by atoms with Gasteiger partial charge in [-0.2, -0.15) is 13.2 Å². The zero-order valence-electron chi connectivity index (χ0n) is 17.6. The molecule has 0 spiro atoms. The maximum atomic E-state index is 13.7. The fourth-order valence-corrected chi connectivity index (χ4v) is 4.53. The summed E-state index contributed by atoms with van der Waals surface area (Å²) in [6.07, 6.45) is -2.29. The Morgan fingerprint density at radius 1 is 0.818 bits per heavy atom. The second-order valence-electron chi connectivity index (χ2n) is 8.14. The average molecular weight is 448 g/mol. The smallest absolute Gasteiger partial charge is 0.344 e. The van der Waals surface area contributed by atoms with Crippen LogP contribution < -0.4 is 9.80 Å². The summed E-state index contributed by atoms with van der Waals surface area (Å²) in [5, 5.41) is 0. The number of carbonyl (C=O) groups excluding carboxylic acids is 2. The molecule has 0 N–H and O–H groups in total. The van der Waals surface area contributed by atoms with Gasteiger partial charge in [0.1, 0.15) is 0 Å². The summed E-state index contributed by atoms with van der Waals surface area (Å²) in [5.74, 6) is -1.56. The fraction of sp³-hybridized carbons (Fsp3) is 0.154. The van der Waals surface area contributed by atoms with Gasteiger partial charge in [-0.1, -0.05) is 48.5 Å². The minimum Gasteiger partial charge on any atom is -0.344 e. The van der Waals surface area contributed by atoms with Crippen LogP contribution in [0.15, 0.2) is 79.0 Å². The molecule has 33 heavy (non-hydrogen) atoms. The minimum atomic E-state index is -4.72. The predicted molar refractivity (Wildman–Crippen MR) is 120 cm³/mol. The number of rotatable bonds is 2. The first kappa shape index (κ1) is 21.0. The molecule has 0 aliphatic carbocycles. The Labute approximate surface area is 188 Å². The van der Waals surface area contributed by atoms with Gasteiger partial charge in [0, 0.05) is 29.1 Å². The molecule has 2 aliphatic rings. The van der Waals surface area contributed by atoms with Crippen LogP contribution in [0.25, 0.3) is 5.57 Å². The Bertz CT molecular complexity index is 1310. The Kier molecular flexibility index (Phi) is 4.85. The predicted octanol–water partition coefficient (Wildman–Crippen LogP) is 5.68. The molecular formula is C26H19F3N2O2. The normalized spacial score (nSPS) is 19.2. The lowest BCUT2D eigenvalue weighted by Gasteiger charge is -2.31. The highest BCUT2D eigenvalue weighted by molar-refractivity contribution is 6.41. The molecule has 0 fully saturated rings. The van der Waals surface area contributed by atoms with Gasteiger partial charge >= 0.3 is 6.18 Å². The van der Waals surface area contributed by atoms with Gasteiger partial charge in [0.25, 0.3) is 11.8 Å². The summed E-state index contributed by atoms with van der Waals surface area (Å²) in [4.78, 5) is 29.5. The number of alkyl halides is 3. The summed E-state index contributed by atoms with van der Waals surface area (Å²) in [5.41, 5.74) is 1.30. The lowest BCUT2D eigenvalue weighted by molar-refractivity contribution is -0.137. The van der Waals surface area contributed by atoms with Crippen LogP contribution in [0.1, 0.15) is 34.0 Å². The maximum absolute atomic E-state index is 13.7. The second kappa shape index (κ2) is 7.62. The van der Waals surface area contributed by atoms with Crippen molar-refractivity contribution < 1.29 is 22.8 Å². The third-order valence-corrected chi connectivity index (χ3v) is 6.06. The Morgan fingerprint density at radius 2 is 1.42 bits per heavy atom. The lowest BCUT2D eigenvalue weighted by Crippen LogP contribution is -2.43. The molecule has 3 aromatic carbocycles. The van der Waals surface area contributed by atoms with E-state index < -0.39 is 29.2 Å². The summed E-state index contributed by atoms with van der Waals surface area (Å²) in [6.45, 7) is 2.01. The van der Waals surface area contributed by atoms with E-state index in [1.165, 1.54) is 18.2 Å². The van der Waals surface area contributed by atoms with E-state index in [1.807, 2.05) is 36.1 Å². The Morgan fingerprint density at radius 3 is 2.15 bits per heavy atom. The van der Waals surface area contributed by atoms with Gasteiger partial charge in [-0.25, -0.2) is 4.90 Å². The van der Waals surface area contributed by atoms with Crippen LogP contribution >= 0.6 is 0 Å². The zero-order valence-corrected chi connectivity index (χ0v) is 17.6. The molecule has 0 aromatic heterocycles. The number of imide groups is 1. The first-order valence-electron chi connectivity index (χ1n) is 10.5. The third kappa shape index (κ3) is 3.40. The number of nitrogens with zero attached hydrogens (tertiary/aromatic N) is 2. The molecule has 0 saturated carbocycles. The van der Waals surface area contributed by atoms with Crippen molar-refractivity contribution in [2.24, 2.45) is 0 Å². The first-order valence-corrected chi connectivity index (χ1v) is 10.5. The van der Waals surface area contributed by atoms with E-state index in [4.69, 9.17) is 0 Å². The number of halogens is 3. The van der Waals surface area contributed by atoms with E-state index in [0.717, 1.165) is 29.8 Å². The molecule has 166 valence electrons. The van der Waals surface area contributed by atoms with E-state index in [0.29, 0.717) is 10.5 Å². The van der Waals surface area contributed by atoms with E-state index in [9.17, 15) is 22.8 Å². The van der Waals surface area contributed by atoms with Gasteiger partial charge in [0.2, 0.25) is 0 Å². The van der Waals surface area contributed by atoms with Crippen molar-refractivity contribution in [1.82, 2.24) is 0 Å². The topological polar surface area (TPSA) is 40.6 Å². The van der Waals surface area contributed by atoms with Crippen LogP contribution in [0.4, 0.5) is 24.5 Å². The van der Waals surface area contributed by atoms with Crippen molar-refractivity contribution in [2.75, 3.05) is 9.80 Å². The van der Waals surface area contributed by atoms with E-state index in [-0.39, 0.29) is 17.2 Å².